The number of imide groups is 1. The van der Waals surface area contributed by atoms with E-state index >= 15 is 0 Å². The molecular weight excluding hydrogens is 366 g/mol. The minimum absolute atomic E-state index is 0.246. The monoisotopic (exact) mass is 383 g/mol. The molecule has 0 aromatic heterocycles. The van der Waals surface area contributed by atoms with Crippen molar-refractivity contribution in [2.45, 2.75) is 26.3 Å². The van der Waals surface area contributed by atoms with Crippen LogP contribution in [0.1, 0.15) is 36.5 Å². The van der Waals surface area contributed by atoms with Crippen LogP contribution in [0.25, 0.3) is 5.57 Å². The summed E-state index contributed by atoms with van der Waals surface area (Å²) in [5.41, 5.74) is 3.28. The summed E-state index contributed by atoms with van der Waals surface area (Å²) in [6, 6.07) is 17.3. The average Bonchev–Trinajstić information content (AvgIpc) is 2.79. The third kappa shape index (κ3) is 2.94. The van der Waals surface area contributed by atoms with Gasteiger partial charge in [-0.3, -0.25) is 14.5 Å². The van der Waals surface area contributed by atoms with Gasteiger partial charge in [-0.15, -0.1) is 0 Å². The van der Waals surface area contributed by atoms with Crippen molar-refractivity contribution in [2.75, 3.05) is 0 Å². The number of carbonyl (C=O) groups excluding carboxylic acids is 2. The molecule has 0 aliphatic carbocycles. The third-order valence-corrected chi connectivity index (χ3v) is 4.88. The molecule has 0 fully saturated rings. The molecule has 122 valence electrons. The SMILES string of the molecule is CC(C)c1ccccc1C1=C(Br)C(=O)N(Cc2ccccc2)C1=O. The fourth-order valence-corrected chi connectivity index (χ4v) is 3.51. The molecule has 2 amide bonds. The number of amides is 2. The summed E-state index contributed by atoms with van der Waals surface area (Å²) in [5, 5.41) is 0. The highest BCUT2D eigenvalue weighted by atomic mass is 79.9. The van der Waals surface area contributed by atoms with Crippen LogP contribution in [0.15, 0.2) is 59.1 Å². The Morgan fingerprint density at radius 3 is 2.21 bits per heavy atom. The topological polar surface area (TPSA) is 37.4 Å². The highest BCUT2D eigenvalue weighted by Crippen LogP contribution is 2.36. The van der Waals surface area contributed by atoms with Gasteiger partial charge in [0.2, 0.25) is 0 Å². The Kier molecular flexibility index (Phi) is 4.67. The van der Waals surface area contributed by atoms with Gasteiger partial charge in [-0.05, 0) is 38.5 Å². The lowest BCUT2D eigenvalue weighted by Gasteiger charge is -2.16. The average molecular weight is 384 g/mol. The van der Waals surface area contributed by atoms with Gasteiger partial charge in [-0.2, -0.15) is 0 Å². The Morgan fingerprint density at radius 2 is 1.54 bits per heavy atom. The fraction of sp³-hybridized carbons (Fsp3) is 0.200. The van der Waals surface area contributed by atoms with Crippen molar-refractivity contribution in [3.8, 4) is 0 Å². The van der Waals surface area contributed by atoms with E-state index in [1.54, 1.807) is 0 Å². The third-order valence-electron chi connectivity index (χ3n) is 4.15. The van der Waals surface area contributed by atoms with Gasteiger partial charge in [-0.1, -0.05) is 68.4 Å². The van der Waals surface area contributed by atoms with Crippen molar-refractivity contribution in [2.24, 2.45) is 0 Å². The zero-order chi connectivity index (χ0) is 17.3. The molecule has 0 radical (unpaired) electrons. The smallest absolute Gasteiger partial charge is 0.268 e. The molecule has 3 rings (SSSR count). The summed E-state index contributed by atoms with van der Waals surface area (Å²) in [4.78, 5) is 26.8. The zero-order valence-electron chi connectivity index (χ0n) is 13.6. The Labute approximate surface area is 150 Å². The fourth-order valence-electron chi connectivity index (χ4n) is 2.92. The van der Waals surface area contributed by atoms with Gasteiger partial charge >= 0.3 is 0 Å². The Balaban J connectivity index is 1.99. The predicted molar refractivity (Wildman–Crippen MR) is 98.4 cm³/mol. The lowest BCUT2D eigenvalue weighted by molar-refractivity contribution is -0.137. The summed E-state index contributed by atoms with van der Waals surface area (Å²) < 4.78 is 0.344. The second-order valence-electron chi connectivity index (χ2n) is 6.11. The van der Waals surface area contributed by atoms with E-state index in [9.17, 15) is 9.59 Å². The number of benzene rings is 2. The van der Waals surface area contributed by atoms with Crippen LogP contribution in [0.3, 0.4) is 0 Å². The molecule has 3 nitrogen and oxygen atoms in total. The Morgan fingerprint density at radius 1 is 0.917 bits per heavy atom. The maximum Gasteiger partial charge on any atom is 0.268 e. The second-order valence-corrected chi connectivity index (χ2v) is 6.91. The number of halogens is 1. The van der Waals surface area contributed by atoms with Crippen LogP contribution in [0, 0.1) is 0 Å². The summed E-state index contributed by atoms with van der Waals surface area (Å²) in [6.07, 6.45) is 0. The number of nitrogens with zero attached hydrogens (tertiary/aromatic N) is 1. The zero-order valence-corrected chi connectivity index (χ0v) is 15.2. The van der Waals surface area contributed by atoms with Gasteiger partial charge in [0.25, 0.3) is 11.8 Å². The van der Waals surface area contributed by atoms with Gasteiger partial charge in [0, 0.05) is 0 Å². The summed E-state index contributed by atoms with van der Waals surface area (Å²) >= 11 is 3.35. The van der Waals surface area contributed by atoms with Crippen molar-refractivity contribution < 1.29 is 9.59 Å². The largest absolute Gasteiger partial charge is 0.269 e. The van der Waals surface area contributed by atoms with E-state index in [1.165, 1.54) is 4.90 Å². The molecule has 24 heavy (non-hydrogen) atoms. The standard InChI is InChI=1S/C20H18BrNO2/c1-13(2)15-10-6-7-11-16(15)17-18(21)20(24)22(19(17)23)12-14-8-4-3-5-9-14/h3-11,13H,12H2,1-2H3. The van der Waals surface area contributed by atoms with E-state index in [2.05, 4.69) is 29.8 Å². The first kappa shape index (κ1) is 16.7. The first-order chi connectivity index (χ1) is 11.5. The van der Waals surface area contributed by atoms with Crippen LogP contribution < -0.4 is 0 Å². The van der Waals surface area contributed by atoms with Crippen molar-refractivity contribution in [1.29, 1.82) is 0 Å². The number of rotatable bonds is 4. The molecule has 0 unspecified atom stereocenters. The van der Waals surface area contributed by atoms with Crippen LogP contribution in [0.5, 0.6) is 0 Å². The van der Waals surface area contributed by atoms with E-state index in [4.69, 9.17) is 0 Å². The molecule has 0 N–H and O–H groups in total. The Hall–Kier alpha value is -2.20. The maximum absolute atomic E-state index is 12.9. The second kappa shape index (κ2) is 6.73. The molecular formula is C20H18BrNO2. The van der Waals surface area contributed by atoms with Gasteiger partial charge in [-0.25, -0.2) is 0 Å². The summed E-state index contributed by atoms with van der Waals surface area (Å²) in [5.74, 6) is -0.263. The van der Waals surface area contributed by atoms with E-state index < -0.39 is 0 Å². The minimum atomic E-state index is -0.280. The van der Waals surface area contributed by atoms with Crippen LogP contribution in [0.2, 0.25) is 0 Å². The van der Waals surface area contributed by atoms with Crippen molar-refractivity contribution in [3.05, 3.63) is 75.8 Å². The van der Waals surface area contributed by atoms with Gasteiger partial charge in [0.1, 0.15) is 0 Å². The normalized spacial score (nSPS) is 14.9. The quantitative estimate of drug-likeness (QED) is 0.729. The highest BCUT2D eigenvalue weighted by molar-refractivity contribution is 9.12. The molecule has 0 saturated carbocycles. The molecule has 0 saturated heterocycles. The highest BCUT2D eigenvalue weighted by Gasteiger charge is 2.38. The molecule has 2 aromatic rings. The van der Waals surface area contributed by atoms with Crippen LogP contribution in [-0.2, 0) is 16.1 Å². The first-order valence-electron chi connectivity index (χ1n) is 7.90. The molecule has 1 aliphatic heterocycles. The Bertz CT molecular complexity index is 825. The maximum atomic E-state index is 12.9. The van der Waals surface area contributed by atoms with Gasteiger partial charge in [0.15, 0.2) is 0 Å². The molecule has 2 aromatic carbocycles. The summed E-state index contributed by atoms with van der Waals surface area (Å²) in [7, 11) is 0. The molecule has 0 spiro atoms. The van der Waals surface area contributed by atoms with Crippen molar-refractivity contribution in [3.63, 3.8) is 0 Å². The number of carbonyl (C=O) groups is 2. The van der Waals surface area contributed by atoms with E-state index in [1.807, 2.05) is 54.6 Å². The van der Waals surface area contributed by atoms with Crippen LogP contribution >= 0.6 is 15.9 Å². The van der Waals surface area contributed by atoms with E-state index in [-0.39, 0.29) is 24.3 Å². The van der Waals surface area contributed by atoms with Gasteiger partial charge < -0.3 is 0 Å². The van der Waals surface area contributed by atoms with Crippen molar-refractivity contribution in [1.82, 2.24) is 4.90 Å². The molecule has 0 atom stereocenters. The van der Waals surface area contributed by atoms with Crippen LogP contribution in [0.4, 0.5) is 0 Å². The molecule has 4 heteroatoms. The van der Waals surface area contributed by atoms with E-state index in [0.717, 1.165) is 16.7 Å². The number of hydrogen-bond donors (Lipinski definition) is 0. The predicted octanol–water partition coefficient (Wildman–Crippen LogP) is 4.49. The van der Waals surface area contributed by atoms with E-state index in [0.29, 0.717) is 10.1 Å². The molecule has 1 aliphatic rings. The lowest BCUT2D eigenvalue weighted by atomic mass is 9.92. The molecule has 0 bridgehead atoms. The lowest BCUT2D eigenvalue weighted by Crippen LogP contribution is -2.30. The van der Waals surface area contributed by atoms with Gasteiger partial charge in [0.05, 0.1) is 16.6 Å². The molecule has 1 heterocycles. The van der Waals surface area contributed by atoms with Crippen LogP contribution in [-0.4, -0.2) is 16.7 Å². The first-order valence-corrected chi connectivity index (χ1v) is 8.69. The van der Waals surface area contributed by atoms with Crippen molar-refractivity contribution >= 4 is 33.3 Å². The summed E-state index contributed by atoms with van der Waals surface area (Å²) in [6.45, 7) is 4.44. The number of hydrogen-bond acceptors (Lipinski definition) is 2. The minimum Gasteiger partial charge on any atom is -0.269 e.